The standard InChI is InChI=1S/C23H26N6O2/c1-14-17(13-24)6-5-7-18(14)15(2)25-21-19-12-20(29-8-10-31-11-9-29)23(30-4)28-22(19)27-16(3)26-21/h5-7,12,15H,8-11H2,1-4H3,(H,25,26,27,28). The number of aryl methyl sites for hydroxylation is 1. The molecule has 1 N–H and O–H groups in total. The molecule has 0 amide bonds. The Morgan fingerprint density at radius 1 is 1.19 bits per heavy atom. The fraction of sp³-hybridized carbons (Fsp3) is 0.391. The minimum atomic E-state index is -0.0558. The smallest absolute Gasteiger partial charge is 0.239 e. The molecule has 0 saturated carbocycles. The molecule has 1 aliphatic rings. The molecule has 1 aliphatic heterocycles. The largest absolute Gasteiger partial charge is 0.479 e. The van der Waals surface area contributed by atoms with Gasteiger partial charge in [0.25, 0.3) is 0 Å². The molecule has 4 rings (SSSR count). The summed E-state index contributed by atoms with van der Waals surface area (Å²) in [7, 11) is 1.62. The van der Waals surface area contributed by atoms with E-state index in [1.807, 2.05) is 38.1 Å². The molecule has 0 radical (unpaired) electrons. The molecule has 1 unspecified atom stereocenters. The molecule has 3 aromatic rings. The van der Waals surface area contributed by atoms with E-state index >= 15 is 0 Å². The van der Waals surface area contributed by atoms with Crippen LogP contribution in [0.15, 0.2) is 24.3 Å². The zero-order chi connectivity index (χ0) is 22.0. The topological polar surface area (TPSA) is 96.2 Å². The van der Waals surface area contributed by atoms with Gasteiger partial charge < -0.3 is 19.7 Å². The van der Waals surface area contributed by atoms with E-state index in [9.17, 15) is 5.26 Å². The van der Waals surface area contributed by atoms with Gasteiger partial charge >= 0.3 is 0 Å². The van der Waals surface area contributed by atoms with E-state index in [-0.39, 0.29) is 6.04 Å². The molecular formula is C23H26N6O2. The molecule has 0 spiro atoms. The number of aromatic nitrogens is 3. The first-order valence-electron chi connectivity index (χ1n) is 10.3. The van der Waals surface area contributed by atoms with Crippen molar-refractivity contribution in [1.29, 1.82) is 5.26 Å². The van der Waals surface area contributed by atoms with Crippen LogP contribution in [0.4, 0.5) is 11.5 Å². The van der Waals surface area contributed by atoms with Gasteiger partial charge in [-0.1, -0.05) is 12.1 Å². The molecule has 31 heavy (non-hydrogen) atoms. The monoisotopic (exact) mass is 418 g/mol. The van der Waals surface area contributed by atoms with Crippen LogP contribution >= 0.6 is 0 Å². The molecule has 1 atom stereocenters. The Morgan fingerprint density at radius 2 is 1.97 bits per heavy atom. The number of nitrogens with zero attached hydrogens (tertiary/aromatic N) is 5. The summed E-state index contributed by atoms with van der Waals surface area (Å²) in [5, 5.41) is 13.7. The maximum Gasteiger partial charge on any atom is 0.239 e. The van der Waals surface area contributed by atoms with Crippen LogP contribution in [-0.4, -0.2) is 48.4 Å². The van der Waals surface area contributed by atoms with Crippen molar-refractivity contribution >= 4 is 22.5 Å². The van der Waals surface area contributed by atoms with Crippen LogP contribution in [0.2, 0.25) is 0 Å². The van der Waals surface area contributed by atoms with Gasteiger partial charge in [-0.05, 0) is 44.0 Å². The lowest BCUT2D eigenvalue weighted by atomic mass is 9.98. The summed E-state index contributed by atoms with van der Waals surface area (Å²) >= 11 is 0. The summed E-state index contributed by atoms with van der Waals surface area (Å²) in [6, 6.07) is 10.0. The number of rotatable bonds is 5. The third-order valence-electron chi connectivity index (χ3n) is 5.61. The number of hydrogen-bond acceptors (Lipinski definition) is 8. The van der Waals surface area contributed by atoms with Crippen LogP contribution < -0.4 is 15.0 Å². The first-order chi connectivity index (χ1) is 15.0. The molecular weight excluding hydrogens is 392 g/mol. The Balaban J connectivity index is 1.77. The van der Waals surface area contributed by atoms with Gasteiger partial charge in [-0.25, -0.2) is 9.97 Å². The lowest BCUT2D eigenvalue weighted by molar-refractivity contribution is 0.122. The summed E-state index contributed by atoms with van der Waals surface area (Å²) in [5.41, 5.74) is 4.19. The zero-order valence-electron chi connectivity index (χ0n) is 18.3. The molecule has 0 bridgehead atoms. The van der Waals surface area contributed by atoms with E-state index in [0.717, 1.165) is 35.3 Å². The van der Waals surface area contributed by atoms with E-state index in [0.29, 0.717) is 41.9 Å². The van der Waals surface area contributed by atoms with E-state index in [1.54, 1.807) is 7.11 Å². The number of pyridine rings is 1. The van der Waals surface area contributed by atoms with Crippen LogP contribution in [0.3, 0.4) is 0 Å². The maximum atomic E-state index is 9.37. The number of anilines is 2. The highest BCUT2D eigenvalue weighted by molar-refractivity contribution is 5.90. The SMILES string of the molecule is COc1nc2nc(C)nc(NC(C)c3cccc(C#N)c3C)c2cc1N1CCOCC1. The normalized spacial score (nSPS) is 14.9. The van der Waals surface area contributed by atoms with E-state index in [2.05, 4.69) is 38.2 Å². The summed E-state index contributed by atoms with van der Waals surface area (Å²) in [6.45, 7) is 8.77. The van der Waals surface area contributed by atoms with Crippen molar-refractivity contribution in [3.63, 3.8) is 0 Å². The van der Waals surface area contributed by atoms with Crippen molar-refractivity contribution < 1.29 is 9.47 Å². The van der Waals surface area contributed by atoms with Gasteiger partial charge in [0.1, 0.15) is 17.3 Å². The van der Waals surface area contributed by atoms with Crippen molar-refractivity contribution in [1.82, 2.24) is 15.0 Å². The lowest BCUT2D eigenvalue weighted by Crippen LogP contribution is -2.36. The summed E-state index contributed by atoms with van der Waals surface area (Å²) in [4.78, 5) is 16.1. The zero-order valence-corrected chi connectivity index (χ0v) is 18.3. The molecule has 1 fully saturated rings. The number of ether oxygens (including phenoxy) is 2. The molecule has 1 aromatic carbocycles. The number of methoxy groups -OCH3 is 1. The average Bonchev–Trinajstić information content (AvgIpc) is 2.78. The number of benzene rings is 1. The molecule has 160 valence electrons. The van der Waals surface area contributed by atoms with E-state index in [1.165, 1.54) is 0 Å². The van der Waals surface area contributed by atoms with Gasteiger partial charge in [-0.15, -0.1) is 0 Å². The second kappa shape index (κ2) is 8.74. The average molecular weight is 419 g/mol. The Kier molecular flexibility index (Phi) is 5.87. The third-order valence-corrected chi connectivity index (χ3v) is 5.61. The number of nitrogens with one attached hydrogen (secondary N) is 1. The first kappa shape index (κ1) is 20.8. The Bertz CT molecular complexity index is 1150. The van der Waals surface area contributed by atoms with E-state index in [4.69, 9.17) is 9.47 Å². The number of nitriles is 1. The van der Waals surface area contributed by atoms with Gasteiger partial charge in [0.05, 0.1) is 43.4 Å². The summed E-state index contributed by atoms with van der Waals surface area (Å²) < 4.78 is 11.1. The fourth-order valence-corrected chi connectivity index (χ4v) is 3.95. The molecule has 0 aliphatic carbocycles. The fourth-order valence-electron chi connectivity index (χ4n) is 3.95. The Morgan fingerprint density at radius 3 is 2.68 bits per heavy atom. The van der Waals surface area contributed by atoms with Gasteiger partial charge in [0, 0.05) is 13.1 Å². The van der Waals surface area contributed by atoms with Crippen LogP contribution in [0, 0.1) is 25.2 Å². The van der Waals surface area contributed by atoms with Gasteiger partial charge in [-0.2, -0.15) is 10.2 Å². The highest BCUT2D eigenvalue weighted by Gasteiger charge is 2.21. The summed E-state index contributed by atoms with van der Waals surface area (Å²) in [6.07, 6.45) is 0. The highest BCUT2D eigenvalue weighted by Crippen LogP contribution is 2.34. The summed E-state index contributed by atoms with van der Waals surface area (Å²) in [5.74, 6) is 1.88. The molecule has 8 heteroatoms. The van der Waals surface area contributed by atoms with Crippen molar-refractivity contribution in [2.75, 3.05) is 43.6 Å². The third kappa shape index (κ3) is 4.09. The number of hydrogen-bond donors (Lipinski definition) is 1. The van der Waals surface area contributed by atoms with Crippen molar-refractivity contribution in [2.24, 2.45) is 0 Å². The quantitative estimate of drug-likeness (QED) is 0.672. The van der Waals surface area contributed by atoms with E-state index < -0.39 is 0 Å². The number of morpholine rings is 1. The van der Waals surface area contributed by atoms with Crippen LogP contribution in [0.1, 0.15) is 35.5 Å². The van der Waals surface area contributed by atoms with Gasteiger partial charge in [0.15, 0.2) is 5.65 Å². The molecule has 3 heterocycles. The van der Waals surface area contributed by atoms with Gasteiger partial charge in [-0.3, -0.25) is 0 Å². The van der Waals surface area contributed by atoms with Crippen LogP contribution in [0.25, 0.3) is 11.0 Å². The minimum Gasteiger partial charge on any atom is -0.479 e. The first-order valence-corrected chi connectivity index (χ1v) is 10.3. The second-order valence-corrected chi connectivity index (χ2v) is 7.60. The maximum absolute atomic E-state index is 9.37. The molecule has 8 nitrogen and oxygen atoms in total. The molecule has 2 aromatic heterocycles. The predicted molar refractivity (Wildman–Crippen MR) is 120 cm³/mol. The van der Waals surface area contributed by atoms with Crippen molar-refractivity contribution in [2.45, 2.75) is 26.8 Å². The van der Waals surface area contributed by atoms with Crippen LogP contribution in [-0.2, 0) is 4.74 Å². The minimum absolute atomic E-state index is 0.0558. The lowest BCUT2D eigenvalue weighted by Gasteiger charge is -2.29. The number of fused-ring (bicyclic) bond motifs is 1. The Hall–Kier alpha value is -3.44. The van der Waals surface area contributed by atoms with Crippen molar-refractivity contribution in [3.8, 4) is 11.9 Å². The van der Waals surface area contributed by atoms with Gasteiger partial charge in [0.2, 0.25) is 5.88 Å². The second-order valence-electron chi connectivity index (χ2n) is 7.60. The van der Waals surface area contributed by atoms with Crippen molar-refractivity contribution in [3.05, 3.63) is 46.8 Å². The van der Waals surface area contributed by atoms with Crippen LogP contribution in [0.5, 0.6) is 5.88 Å². The highest BCUT2D eigenvalue weighted by atomic mass is 16.5. The Labute approximate surface area is 181 Å². The predicted octanol–water partition coefficient (Wildman–Crippen LogP) is 3.53. The molecule has 1 saturated heterocycles.